The molecule has 1 saturated heterocycles. The Morgan fingerprint density at radius 2 is 1.94 bits per heavy atom. The second kappa shape index (κ2) is 11.8. The molecule has 1 N–H and O–H groups in total. The van der Waals surface area contributed by atoms with Gasteiger partial charge in [-0.25, -0.2) is 4.79 Å². The van der Waals surface area contributed by atoms with Gasteiger partial charge in [0.15, 0.2) is 18.1 Å². The van der Waals surface area contributed by atoms with Gasteiger partial charge in [0.05, 0.1) is 22.7 Å². The Hall–Kier alpha value is -2.77. The van der Waals surface area contributed by atoms with Gasteiger partial charge in [-0.05, 0) is 82.7 Å². The van der Waals surface area contributed by atoms with E-state index in [1.807, 2.05) is 22.6 Å². The average Bonchev–Trinajstić information content (AvgIpc) is 3.07. The molecule has 0 unspecified atom stereocenters. The van der Waals surface area contributed by atoms with Crippen LogP contribution in [0.5, 0.6) is 11.5 Å². The van der Waals surface area contributed by atoms with E-state index < -0.39 is 29.6 Å². The molecule has 0 saturated carbocycles. The van der Waals surface area contributed by atoms with Crippen LogP contribution < -0.4 is 14.8 Å². The molecule has 0 aromatic heterocycles. The van der Waals surface area contributed by atoms with E-state index in [1.54, 1.807) is 37.3 Å². The first kappa shape index (κ1) is 26.8. The molecule has 1 aliphatic heterocycles. The van der Waals surface area contributed by atoms with Crippen LogP contribution in [0.25, 0.3) is 6.08 Å². The van der Waals surface area contributed by atoms with Crippen molar-refractivity contribution in [1.29, 1.82) is 0 Å². The summed E-state index contributed by atoms with van der Waals surface area (Å²) in [5, 5.41) is 2.57. The highest BCUT2D eigenvalue weighted by molar-refractivity contribution is 14.1. The van der Waals surface area contributed by atoms with Gasteiger partial charge in [-0.1, -0.05) is 17.7 Å². The molecule has 35 heavy (non-hydrogen) atoms. The summed E-state index contributed by atoms with van der Waals surface area (Å²) >= 11 is 8.72. The lowest BCUT2D eigenvalue weighted by Crippen LogP contribution is -2.36. The lowest BCUT2D eigenvalue weighted by atomic mass is 10.2. The smallest absolute Gasteiger partial charge is 0.343 e. The Labute approximate surface area is 224 Å². The molecule has 0 radical (unpaired) electrons. The van der Waals surface area contributed by atoms with Gasteiger partial charge in [0.2, 0.25) is 5.91 Å². The van der Waals surface area contributed by atoms with E-state index in [-0.39, 0.29) is 11.5 Å². The number of hydrogen-bond acceptors (Lipinski definition) is 8. The standard InChI is InChI=1S/C23H20ClIN2O7S/c1-12-4-5-14(24)9-16(12)26-19(28)10-27-22(30)18(35-23(27)31)8-13-6-15(25)21(17(7-13)32-2)34-11-20(29)33-3/h4-9H,10-11H2,1-3H3,(H,26,28)/b18-8-. The monoisotopic (exact) mass is 630 g/mol. The SMILES string of the molecule is COC(=O)COc1c(I)cc(/C=C2\SC(=O)N(CC(=O)Nc3cc(Cl)ccc3C)C2=O)cc1OC. The molecule has 184 valence electrons. The fourth-order valence-electron chi connectivity index (χ4n) is 3.00. The summed E-state index contributed by atoms with van der Waals surface area (Å²) < 4.78 is 16.0. The second-order valence-corrected chi connectivity index (χ2v) is 9.77. The number of esters is 1. The first-order valence-electron chi connectivity index (χ1n) is 10.0. The minimum atomic E-state index is -0.585. The normalized spacial score (nSPS) is 14.3. The van der Waals surface area contributed by atoms with Gasteiger partial charge < -0.3 is 19.5 Å². The largest absolute Gasteiger partial charge is 0.493 e. The van der Waals surface area contributed by atoms with Gasteiger partial charge in [-0.2, -0.15) is 0 Å². The zero-order chi connectivity index (χ0) is 25.7. The van der Waals surface area contributed by atoms with E-state index in [1.165, 1.54) is 20.3 Å². The van der Waals surface area contributed by atoms with E-state index in [9.17, 15) is 19.2 Å². The fourth-order valence-corrected chi connectivity index (χ4v) is 4.79. The van der Waals surface area contributed by atoms with Crippen molar-refractivity contribution in [2.45, 2.75) is 6.92 Å². The minimum Gasteiger partial charge on any atom is -0.493 e. The van der Waals surface area contributed by atoms with Crippen LogP contribution in [0.15, 0.2) is 35.2 Å². The Morgan fingerprint density at radius 3 is 2.63 bits per heavy atom. The number of rotatable bonds is 8. The molecular formula is C23H20ClIN2O7S. The van der Waals surface area contributed by atoms with Crippen LogP contribution in [0.2, 0.25) is 5.02 Å². The van der Waals surface area contributed by atoms with Crippen LogP contribution in [0.1, 0.15) is 11.1 Å². The quantitative estimate of drug-likeness (QED) is 0.258. The number of carbonyl (C=O) groups is 4. The van der Waals surface area contributed by atoms with Gasteiger partial charge in [-0.15, -0.1) is 0 Å². The maximum absolute atomic E-state index is 12.9. The van der Waals surface area contributed by atoms with Crippen LogP contribution in [-0.4, -0.2) is 55.3 Å². The number of halogens is 2. The highest BCUT2D eigenvalue weighted by Crippen LogP contribution is 2.37. The third kappa shape index (κ3) is 6.67. The number of nitrogens with one attached hydrogen (secondary N) is 1. The van der Waals surface area contributed by atoms with E-state index in [0.29, 0.717) is 31.3 Å². The highest BCUT2D eigenvalue weighted by atomic mass is 127. The number of hydrogen-bond donors (Lipinski definition) is 1. The molecule has 1 fully saturated rings. The molecule has 0 atom stereocenters. The summed E-state index contributed by atoms with van der Waals surface area (Å²) in [5.74, 6) is -0.977. The third-order valence-electron chi connectivity index (χ3n) is 4.76. The highest BCUT2D eigenvalue weighted by Gasteiger charge is 2.36. The molecule has 1 aliphatic rings. The Morgan fingerprint density at radius 1 is 1.20 bits per heavy atom. The molecule has 9 nitrogen and oxygen atoms in total. The molecule has 12 heteroatoms. The third-order valence-corrected chi connectivity index (χ3v) is 6.70. The van der Waals surface area contributed by atoms with E-state index in [0.717, 1.165) is 22.2 Å². The van der Waals surface area contributed by atoms with Crippen LogP contribution in [0.4, 0.5) is 10.5 Å². The Kier molecular flexibility index (Phi) is 9.03. The minimum absolute atomic E-state index is 0.155. The predicted octanol–water partition coefficient (Wildman–Crippen LogP) is 4.49. The number of imide groups is 1. The molecule has 3 amide bonds. The number of methoxy groups -OCH3 is 2. The van der Waals surface area contributed by atoms with Crippen molar-refractivity contribution in [1.82, 2.24) is 4.90 Å². The van der Waals surface area contributed by atoms with Gasteiger partial charge in [0.25, 0.3) is 11.1 Å². The molecule has 2 aromatic carbocycles. The lowest BCUT2D eigenvalue weighted by Gasteiger charge is -2.14. The molecule has 0 aliphatic carbocycles. The van der Waals surface area contributed by atoms with E-state index >= 15 is 0 Å². The molecular weight excluding hydrogens is 611 g/mol. The summed E-state index contributed by atoms with van der Waals surface area (Å²) in [6, 6.07) is 8.36. The zero-order valence-electron chi connectivity index (χ0n) is 18.8. The topological polar surface area (TPSA) is 111 Å². The van der Waals surface area contributed by atoms with Crippen molar-refractivity contribution in [3.05, 3.63) is 55.0 Å². The van der Waals surface area contributed by atoms with Crippen molar-refractivity contribution < 1.29 is 33.4 Å². The molecule has 2 aromatic rings. The maximum atomic E-state index is 12.9. The first-order valence-corrected chi connectivity index (χ1v) is 12.3. The van der Waals surface area contributed by atoms with Crippen LogP contribution >= 0.6 is 46.0 Å². The number of aryl methyl sites for hydroxylation is 1. The summed E-state index contributed by atoms with van der Waals surface area (Å²) in [5.41, 5.74) is 1.86. The van der Waals surface area contributed by atoms with Crippen molar-refractivity contribution >= 4 is 80.7 Å². The lowest BCUT2D eigenvalue weighted by molar-refractivity contribution is -0.143. The number of thioether (sulfide) groups is 1. The van der Waals surface area contributed by atoms with Crippen molar-refractivity contribution in [3.8, 4) is 11.5 Å². The summed E-state index contributed by atoms with van der Waals surface area (Å²) in [7, 11) is 2.69. The number of nitrogens with zero attached hydrogens (tertiary/aromatic N) is 1. The number of amides is 3. The van der Waals surface area contributed by atoms with Crippen LogP contribution in [-0.2, 0) is 19.1 Å². The van der Waals surface area contributed by atoms with Crippen molar-refractivity contribution in [3.63, 3.8) is 0 Å². The summed E-state index contributed by atoms with van der Waals surface area (Å²) in [4.78, 5) is 50.2. The molecule has 0 bridgehead atoms. The van der Waals surface area contributed by atoms with E-state index in [4.69, 9.17) is 21.1 Å². The maximum Gasteiger partial charge on any atom is 0.343 e. The second-order valence-electron chi connectivity index (χ2n) is 7.17. The number of anilines is 1. The van der Waals surface area contributed by atoms with Gasteiger partial charge >= 0.3 is 5.97 Å². The van der Waals surface area contributed by atoms with Crippen LogP contribution in [0.3, 0.4) is 0 Å². The predicted molar refractivity (Wildman–Crippen MR) is 141 cm³/mol. The van der Waals surface area contributed by atoms with Gasteiger partial charge in [-0.3, -0.25) is 19.3 Å². The average molecular weight is 631 g/mol. The fraction of sp³-hybridized carbons (Fsp3) is 0.217. The van der Waals surface area contributed by atoms with Crippen molar-refractivity contribution in [2.75, 3.05) is 32.7 Å². The van der Waals surface area contributed by atoms with E-state index in [2.05, 4.69) is 10.1 Å². The van der Waals surface area contributed by atoms with Gasteiger partial charge in [0.1, 0.15) is 6.54 Å². The zero-order valence-corrected chi connectivity index (χ0v) is 22.6. The van der Waals surface area contributed by atoms with Gasteiger partial charge in [0, 0.05) is 10.7 Å². The summed E-state index contributed by atoms with van der Waals surface area (Å²) in [6.45, 7) is 1.07. The summed E-state index contributed by atoms with van der Waals surface area (Å²) in [6.07, 6.45) is 1.53. The first-order chi connectivity index (χ1) is 16.6. The molecule has 1 heterocycles. The number of benzene rings is 2. The molecule has 0 spiro atoms. The van der Waals surface area contributed by atoms with Crippen LogP contribution in [0, 0.1) is 10.5 Å². The molecule has 3 rings (SSSR count). The Bertz CT molecular complexity index is 1230. The Balaban J connectivity index is 1.75. The number of carbonyl (C=O) groups excluding carboxylic acids is 4. The van der Waals surface area contributed by atoms with Crippen molar-refractivity contribution in [2.24, 2.45) is 0 Å². The number of ether oxygens (including phenoxy) is 3.